The number of amides is 4. The van der Waals surface area contributed by atoms with Crippen molar-refractivity contribution in [3.8, 4) is 16.9 Å². The molecule has 4 atom stereocenters. The van der Waals surface area contributed by atoms with Gasteiger partial charge in [-0.2, -0.15) is 5.10 Å². The zero-order valence-corrected chi connectivity index (χ0v) is 33.0. The van der Waals surface area contributed by atoms with Crippen LogP contribution in [0.1, 0.15) is 90.3 Å². The Labute approximate surface area is 342 Å². The number of benzene rings is 2. The van der Waals surface area contributed by atoms with Crippen LogP contribution in [0.4, 0.5) is 20.3 Å². The average Bonchev–Trinajstić information content (AvgIpc) is 3.77. The van der Waals surface area contributed by atoms with Crippen molar-refractivity contribution < 1.29 is 32.7 Å². The Balaban J connectivity index is 0.793. The van der Waals surface area contributed by atoms with Gasteiger partial charge in [-0.15, -0.1) is 0 Å². The number of ether oxygens (including phenoxy) is 1. The molecule has 17 heteroatoms. The lowest BCUT2D eigenvalue weighted by Gasteiger charge is -2.58. The topological polar surface area (TPSA) is 156 Å². The van der Waals surface area contributed by atoms with Crippen molar-refractivity contribution in [2.75, 3.05) is 30.3 Å². The molecular weight excluding hydrogens is 793 g/mol. The van der Waals surface area contributed by atoms with Gasteiger partial charge in [0.25, 0.3) is 11.8 Å². The molecule has 4 aromatic rings. The molecule has 4 amide bonds. The Hall–Kier alpha value is -5.12. The van der Waals surface area contributed by atoms with E-state index in [4.69, 9.17) is 38.8 Å². The van der Waals surface area contributed by atoms with Crippen LogP contribution < -0.4 is 20.7 Å². The van der Waals surface area contributed by atoms with Gasteiger partial charge in [-0.05, 0) is 81.7 Å². The average molecular weight is 834 g/mol. The molecule has 4 saturated heterocycles. The van der Waals surface area contributed by atoms with E-state index in [0.29, 0.717) is 22.9 Å². The largest absolute Gasteiger partial charge is 0.482 e. The third-order valence-corrected chi connectivity index (χ3v) is 13.1. The SMILES string of the molecule is CC(Oc1cc(-c2cnn(C3CCC(CN4CC5CC(C4)N5c4cc5c(cc4F)C(=O)N(C4CCC(=O)NC4=O)C5=O)CC3)c2)cnc1N)c1c(Cl)ccc(F)c1Cl. The lowest BCUT2D eigenvalue weighted by molar-refractivity contribution is -0.136. The molecular formula is C41H40Cl2F2N8O5. The Morgan fingerprint density at radius 1 is 0.914 bits per heavy atom. The van der Waals surface area contributed by atoms with Crippen molar-refractivity contribution in [3.05, 3.63) is 87.3 Å². The van der Waals surface area contributed by atoms with Gasteiger partial charge in [0.05, 0.1) is 34.1 Å². The Morgan fingerprint density at radius 2 is 1.64 bits per heavy atom. The number of nitrogens with one attached hydrogen (secondary N) is 1. The first-order valence-corrected chi connectivity index (χ1v) is 20.3. The van der Waals surface area contributed by atoms with Crippen molar-refractivity contribution in [1.29, 1.82) is 0 Å². The highest BCUT2D eigenvalue weighted by Gasteiger charge is 2.49. The molecule has 4 unspecified atom stereocenters. The van der Waals surface area contributed by atoms with E-state index in [1.807, 2.05) is 15.8 Å². The minimum Gasteiger partial charge on any atom is -0.482 e. The van der Waals surface area contributed by atoms with Gasteiger partial charge in [-0.3, -0.25) is 39.0 Å². The van der Waals surface area contributed by atoms with Gasteiger partial charge < -0.3 is 15.4 Å². The fourth-order valence-electron chi connectivity index (χ4n) is 9.43. The van der Waals surface area contributed by atoms with Gasteiger partial charge in [0, 0.05) is 72.2 Å². The molecule has 2 aromatic carbocycles. The van der Waals surface area contributed by atoms with Crippen molar-refractivity contribution in [2.45, 2.75) is 82.1 Å². The number of hydrogen-bond donors (Lipinski definition) is 2. The first kappa shape index (κ1) is 38.4. The van der Waals surface area contributed by atoms with E-state index < -0.39 is 47.4 Å². The summed E-state index contributed by atoms with van der Waals surface area (Å²) in [5, 5.41) is 7.06. The first-order chi connectivity index (χ1) is 27.8. The summed E-state index contributed by atoms with van der Waals surface area (Å²) in [4.78, 5) is 60.4. The van der Waals surface area contributed by atoms with Crippen LogP contribution in [0.3, 0.4) is 0 Å². The number of nitrogens with zero attached hydrogens (tertiary/aromatic N) is 6. The third-order valence-electron chi connectivity index (χ3n) is 12.4. The maximum atomic E-state index is 15.6. The zero-order chi connectivity index (χ0) is 40.6. The molecule has 6 aliphatic rings. The standard InChI is InChI=1S/C41H40Cl2F2N8O5/c1-20(36-29(42)6-7-30(44)37(36)43)58-34-10-22(14-47-38(34)46)23-15-48-51(17-23)24-4-2-21(3-5-24)16-50-18-25-11-26(19-50)52(25)33-13-28-27(12-31(33)45)40(56)53(41(28)57)32-8-9-35(54)49-39(32)55/h6-7,10,12-15,17,20-21,24-26,32H,2-5,8-9,11,16,18-19H2,1H3,(H2,46,47)(H,49,54,55). The normalized spacial score (nSPS) is 25.1. The van der Waals surface area contributed by atoms with Gasteiger partial charge in [-0.1, -0.05) is 23.2 Å². The number of aromatic nitrogens is 3. The van der Waals surface area contributed by atoms with Crippen molar-refractivity contribution in [3.63, 3.8) is 0 Å². The van der Waals surface area contributed by atoms with Gasteiger partial charge in [-0.25, -0.2) is 13.8 Å². The van der Waals surface area contributed by atoms with Gasteiger partial charge in [0.15, 0.2) is 11.6 Å². The maximum absolute atomic E-state index is 15.6. The quantitative estimate of drug-likeness (QED) is 0.144. The smallest absolute Gasteiger partial charge is 0.262 e. The summed E-state index contributed by atoms with van der Waals surface area (Å²) in [7, 11) is 0. The number of piperazine rings is 1. The van der Waals surface area contributed by atoms with Crippen LogP contribution in [0.5, 0.6) is 5.75 Å². The second-order valence-corrected chi connectivity index (χ2v) is 16.8. The molecule has 7 heterocycles. The van der Waals surface area contributed by atoms with Crippen LogP contribution in [0.25, 0.3) is 11.1 Å². The molecule has 5 fully saturated rings. The number of fused-ring (bicyclic) bond motifs is 3. The number of nitrogens with two attached hydrogens (primary N) is 1. The van der Waals surface area contributed by atoms with Crippen LogP contribution in [0, 0.1) is 17.6 Å². The number of piperidine rings is 2. The fourth-order valence-corrected chi connectivity index (χ4v) is 10.1. The second-order valence-electron chi connectivity index (χ2n) is 16.0. The summed E-state index contributed by atoms with van der Waals surface area (Å²) in [6.07, 6.45) is 9.77. The summed E-state index contributed by atoms with van der Waals surface area (Å²) in [5.41, 5.74) is 8.42. The number of imide groups is 2. The maximum Gasteiger partial charge on any atom is 0.262 e. The number of pyridine rings is 1. The highest BCUT2D eigenvalue weighted by Crippen LogP contribution is 2.43. The van der Waals surface area contributed by atoms with Crippen LogP contribution >= 0.6 is 23.2 Å². The van der Waals surface area contributed by atoms with E-state index in [0.717, 1.165) is 73.8 Å². The lowest BCUT2D eigenvalue weighted by Crippen LogP contribution is -2.69. The molecule has 5 aliphatic heterocycles. The fraction of sp³-hybridized carbons (Fsp3) is 0.415. The summed E-state index contributed by atoms with van der Waals surface area (Å²) in [6, 6.07) is 6.30. The van der Waals surface area contributed by atoms with Gasteiger partial charge in [0.1, 0.15) is 23.8 Å². The summed E-state index contributed by atoms with van der Waals surface area (Å²) in [6.45, 7) is 4.20. The van der Waals surface area contributed by atoms with Crippen LogP contribution in [-0.2, 0) is 9.59 Å². The Kier molecular flexibility index (Phi) is 9.88. The number of halogens is 4. The second kappa shape index (κ2) is 14.9. The van der Waals surface area contributed by atoms with E-state index >= 15 is 4.39 Å². The number of carbonyl (C=O) groups excluding carboxylic acids is 4. The molecule has 0 radical (unpaired) electrons. The lowest BCUT2D eigenvalue weighted by atomic mass is 9.82. The third kappa shape index (κ3) is 6.76. The minimum absolute atomic E-state index is 0.0149. The van der Waals surface area contributed by atoms with Crippen molar-refractivity contribution in [1.82, 2.24) is 29.9 Å². The zero-order valence-electron chi connectivity index (χ0n) is 31.5. The molecule has 3 N–H and O–H groups in total. The molecule has 2 aromatic heterocycles. The minimum atomic E-state index is -1.10. The van der Waals surface area contributed by atoms with Crippen molar-refractivity contribution in [2.24, 2.45) is 5.92 Å². The van der Waals surface area contributed by atoms with E-state index in [-0.39, 0.29) is 58.0 Å². The summed E-state index contributed by atoms with van der Waals surface area (Å²) < 4.78 is 37.9. The Morgan fingerprint density at radius 3 is 2.36 bits per heavy atom. The van der Waals surface area contributed by atoms with E-state index in [9.17, 15) is 23.6 Å². The molecule has 13 nitrogen and oxygen atoms in total. The van der Waals surface area contributed by atoms with Crippen LogP contribution in [-0.4, -0.2) is 86.0 Å². The number of carbonyl (C=O) groups is 4. The molecule has 2 bridgehead atoms. The predicted octanol–water partition coefficient (Wildman–Crippen LogP) is 6.35. The molecule has 1 saturated carbocycles. The van der Waals surface area contributed by atoms with E-state index in [2.05, 4.69) is 15.2 Å². The monoisotopic (exact) mass is 832 g/mol. The summed E-state index contributed by atoms with van der Waals surface area (Å²) in [5.74, 6) is -2.67. The number of anilines is 2. The molecule has 0 spiro atoms. The molecule has 10 rings (SSSR count). The highest BCUT2D eigenvalue weighted by atomic mass is 35.5. The molecule has 302 valence electrons. The van der Waals surface area contributed by atoms with Crippen LogP contribution in [0.15, 0.2) is 48.9 Å². The van der Waals surface area contributed by atoms with Crippen molar-refractivity contribution >= 4 is 58.3 Å². The number of rotatable bonds is 9. The first-order valence-electron chi connectivity index (χ1n) is 19.5. The predicted molar refractivity (Wildman–Crippen MR) is 211 cm³/mol. The number of nitrogen functional groups attached to an aromatic ring is 1. The van der Waals surface area contributed by atoms with Crippen LogP contribution in [0.2, 0.25) is 10.0 Å². The molecule has 1 aliphatic carbocycles. The Bertz CT molecular complexity index is 2360. The van der Waals surface area contributed by atoms with Gasteiger partial charge in [0.2, 0.25) is 11.8 Å². The van der Waals surface area contributed by atoms with E-state index in [1.54, 1.807) is 25.4 Å². The van der Waals surface area contributed by atoms with Gasteiger partial charge >= 0.3 is 0 Å². The highest BCUT2D eigenvalue weighted by molar-refractivity contribution is 6.36. The molecule has 58 heavy (non-hydrogen) atoms. The summed E-state index contributed by atoms with van der Waals surface area (Å²) >= 11 is 12.5. The number of hydrogen-bond acceptors (Lipinski definition) is 10. The van der Waals surface area contributed by atoms with E-state index in [1.165, 1.54) is 18.2 Å².